The molecule has 1 saturated heterocycles. The predicted octanol–water partition coefficient (Wildman–Crippen LogP) is 0.0379. The second-order valence-corrected chi connectivity index (χ2v) is 4.69. The Hall–Kier alpha value is -0.120. The van der Waals surface area contributed by atoms with Gasteiger partial charge in [-0.25, -0.2) is 0 Å². The van der Waals surface area contributed by atoms with Crippen LogP contribution >= 0.6 is 0 Å². The van der Waals surface area contributed by atoms with Crippen molar-refractivity contribution in [3.05, 3.63) is 0 Å². The lowest BCUT2D eigenvalue weighted by Crippen LogP contribution is -2.63. The number of hydrogen-bond acceptors (Lipinski definition) is 3. The zero-order valence-electron chi connectivity index (χ0n) is 8.30. The third-order valence-corrected chi connectivity index (χ3v) is 3.23. The van der Waals surface area contributed by atoms with Gasteiger partial charge in [-0.15, -0.1) is 0 Å². The van der Waals surface area contributed by atoms with Crippen LogP contribution in [0.3, 0.4) is 0 Å². The summed E-state index contributed by atoms with van der Waals surface area (Å²) in [6.45, 7) is 6.29. The summed E-state index contributed by atoms with van der Waals surface area (Å²) >= 11 is 0. The van der Waals surface area contributed by atoms with E-state index in [1.54, 1.807) is 0 Å². The number of piperidine rings is 1. The molecule has 0 aliphatic carbocycles. The molecule has 3 N–H and O–H groups in total. The molecule has 0 amide bonds. The van der Waals surface area contributed by atoms with Gasteiger partial charge in [-0.3, -0.25) is 0 Å². The average Bonchev–Trinajstić information content (AvgIpc) is 1.97. The molecule has 1 atom stereocenters. The second-order valence-electron chi connectivity index (χ2n) is 4.69. The molecule has 3 heteroatoms. The highest BCUT2D eigenvalue weighted by Crippen LogP contribution is 2.35. The van der Waals surface area contributed by atoms with Gasteiger partial charge >= 0.3 is 0 Å². The molecule has 3 nitrogen and oxygen atoms in total. The maximum absolute atomic E-state index is 9.23. The molecule has 0 aromatic heterocycles. The Bertz CT molecular complexity index is 170. The molecule has 1 rings (SSSR count). The Morgan fingerprint density at radius 3 is 2.50 bits per heavy atom. The highest BCUT2D eigenvalue weighted by atomic mass is 16.3. The van der Waals surface area contributed by atoms with Crippen LogP contribution in [0.5, 0.6) is 0 Å². The first kappa shape index (κ1) is 9.96. The van der Waals surface area contributed by atoms with Crippen LogP contribution in [0.15, 0.2) is 0 Å². The monoisotopic (exact) mass is 172 g/mol. The Morgan fingerprint density at radius 2 is 2.08 bits per heavy atom. The van der Waals surface area contributed by atoms with Crippen molar-refractivity contribution >= 4 is 0 Å². The predicted molar refractivity (Wildman–Crippen MR) is 49.9 cm³/mol. The van der Waals surface area contributed by atoms with Crippen molar-refractivity contribution in [2.24, 2.45) is 11.1 Å². The van der Waals surface area contributed by atoms with Gasteiger partial charge in [-0.05, 0) is 25.4 Å². The van der Waals surface area contributed by atoms with Crippen molar-refractivity contribution in [1.82, 2.24) is 4.90 Å². The van der Waals surface area contributed by atoms with Crippen LogP contribution in [0, 0.1) is 5.41 Å². The molecule has 0 bridgehead atoms. The molecule has 0 aromatic rings. The summed E-state index contributed by atoms with van der Waals surface area (Å²) in [6, 6.07) is 0. The van der Waals surface area contributed by atoms with Crippen molar-refractivity contribution in [3.8, 4) is 0 Å². The summed E-state index contributed by atoms with van der Waals surface area (Å²) < 4.78 is 0. The molecular weight excluding hydrogens is 152 g/mol. The standard InChI is InChI=1S/C9H20N2O/c1-8(2)6-11(3)5-4-9(8,10)7-12/h12H,4-7,10H2,1-3H3. The van der Waals surface area contributed by atoms with E-state index in [1.165, 1.54) is 0 Å². The van der Waals surface area contributed by atoms with E-state index in [-0.39, 0.29) is 17.6 Å². The van der Waals surface area contributed by atoms with Gasteiger partial charge in [0.25, 0.3) is 0 Å². The molecular formula is C9H20N2O. The van der Waals surface area contributed by atoms with Crippen LogP contribution in [0.4, 0.5) is 0 Å². The van der Waals surface area contributed by atoms with Gasteiger partial charge in [0.05, 0.1) is 6.61 Å². The Balaban J connectivity index is 2.77. The van der Waals surface area contributed by atoms with Gasteiger partial charge in [0.15, 0.2) is 0 Å². The maximum atomic E-state index is 9.23. The summed E-state index contributed by atoms with van der Waals surface area (Å²) in [6.07, 6.45) is 0.882. The zero-order chi connectivity index (χ0) is 9.41. The number of nitrogens with two attached hydrogens (primary N) is 1. The Morgan fingerprint density at radius 1 is 1.50 bits per heavy atom. The average molecular weight is 172 g/mol. The van der Waals surface area contributed by atoms with Crippen molar-refractivity contribution in [3.63, 3.8) is 0 Å². The van der Waals surface area contributed by atoms with E-state index in [0.29, 0.717) is 0 Å². The quantitative estimate of drug-likeness (QED) is 0.587. The largest absolute Gasteiger partial charge is 0.394 e. The zero-order valence-corrected chi connectivity index (χ0v) is 8.30. The first-order valence-corrected chi connectivity index (χ1v) is 4.50. The van der Waals surface area contributed by atoms with Gasteiger partial charge in [0, 0.05) is 12.1 Å². The van der Waals surface area contributed by atoms with Crippen LogP contribution < -0.4 is 5.73 Å². The highest BCUT2D eigenvalue weighted by Gasteiger charge is 2.44. The lowest BCUT2D eigenvalue weighted by Gasteiger charge is -2.49. The molecule has 0 saturated carbocycles. The van der Waals surface area contributed by atoms with Crippen molar-refractivity contribution in [1.29, 1.82) is 0 Å². The molecule has 72 valence electrons. The van der Waals surface area contributed by atoms with Gasteiger partial charge in [0.1, 0.15) is 0 Å². The van der Waals surface area contributed by atoms with E-state index in [2.05, 4.69) is 25.8 Å². The van der Waals surface area contributed by atoms with Crippen LogP contribution in [-0.2, 0) is 0 Å². The number of rotatable bonds is 1. The SMILES string of the molecule is CN1CCC(N)(CO)C(C)(C)C1. The fourth-order valence-corrected chi connectivity index (χ4v) is 1.93. The second kappa shape index (κ2) is 2.98. The smallest absolute Gasteiger partial charge is 0.0617 e. The van der Waals surface area contributed by atoms with Gasteiger partial charge in [0.2, 0.25) is 0 Å². The fraction of sp³-hybridized carbons (Fsp3) is 1.00. The van der Waals surface area contributed by atoms with E-state index >= 15 is 0 Å². The van der Waals surface area contributed by atoms with Gasteiger partial charge in [-0.1, -0.05) is 13.8 Å². The minimum Gasteiger partial charge on any atom is -0.394 e. The Kier molecular flexibility index (Phi) is 2.47. The Labute approximate surface area is 74.5 Å². The summed E-state index contributed by atoms with van der Waals surface area (Å²) in [5.41, 5.74) is 5.74. The highest BCUT2D eigenvalue weighted by molar-refractivity contribution is 5.02. The molecule has 1 fully saturated rings. The van der Waals surface area contributed by atoms with E-state index in [4.69, 9.17) is 5.73 Å². The summed E-state index contributed by atoms with van der Waals surface area (Å²) in [5, 5.41) is 9.23. The van der Waals surface area contributed by atoms with E-state index in [0.717, 1.165) is 19.5 Å². The van der Waals surface area contributed by atoms with E-state index in [1.807, 2.05) is 0 Å². The van der Waals surface area contributed by atoms with E-state index < -0.39 is 0 Å². The van der Waals surface area contributed by atoms with Crippen LogP contribution in [0.2, 0.25) is 0 Å². The normalized spacial score (nSPS) is 36.8. The number of aliphatic hydroxyl groups is 1. The van der Waals surface area contributed by atoms with Crippen molar-refractivity contribution in [2.75, 3.05) is 26.7 Å². The van der Waals surface area contributed by atoms with Gasteiger partial charge < -0.3 is 15.7 Å². The summed E-state index contributed by atoms with van der Waals surface area (Å²) in [5.74, 6) is 0. The lowest BCUT2D eigenvalue weighted by atomic mass is 9.68. The van der Waals surface area contributed by atoms with Crippen LogP contribution in [-0.4, -0.2) is 42.3 Å². The molecule has 0 spiro atoms. The maximum Gasteiger partial charge on any atom is 0.0617 e. The molecule has 0 aromatic carbocycles. The number of aliphatic hydroxyl groups excluding tert-OH is 1. The molecule has 1 aliphatic heterocycles. The van der Waals surface area contributed by atoms with Crippen molar-refractivity contribution < 1.29 is 5.11 Å². The van der Waals surface area contributed by atoms with Crippen LogP contribution in [0.1, 0.15) is 20.3 Å². The topological polar surface area (TPSA) is 49.5 Å². The third kappa shape index (κ3) is 1.49. The summed E-state index contributed by atoms with van der Waals surface area (Å²) in [7, 11) is 2.10. The minimum atomic E-state index is -0.389. The summed E-state index contributed by atoms with van der Waals surface area (Å²) in [4.78, 5) is 2.26. The molecule has 1 unspecified atom stereocenters. The fourth-order valence-electron chi connectivity index (χ4n) is 1.93. The number of nitrogens with zero attached hydrogens (tertiary/aromatic N) is 1. The minimum absolute atomic E-state index is 0.00868. The van der Waals surface area contributed by atoms with Crippen molar-refractivity contribution in [2.45, 2.75) is 25.8 Å². The third-order valence-electron chi connectivity index (χ3n) is 3.23. The lowest BCUT2D eigenvalue weighted by molar-refractivity contribution is 0.00681. The van der Waals surface area contributed by atoms with Crippen LogP contribution in [0.25, 0.3) is 0 Å². The number of hydrogen-bond donors (Lipinski definition) is 2. The molecule has 12 heavy (non-hydrogen) atoms. The molecule has 1 aliphatic rings. The molecule has 0 radical (unpaired) electrons. The first-order valence-electron chi connectivity index (χ1n) is 4.50. The van der Waals surface area contributed by atoms with E-state index in [9.17, 15) is 5.11 Å². The first-order chi connectivity index (χ1) is 5.41. The van der Waals surface area contributed by atoms with Gasteiger partial charge in [-0.2, -0.15) is 0 Å². The molecule has 1 heterocycles. The number of likely N-dealkylation sites (tertiary alicyclic amines) is 1.